The monoisotopic (exact) mass is 353 g/mol. The Morgan fingerprint density at radius 1 is 1.08 bits per heavy atom. The zero-order chi connectivity index (χ0) is 17.9. The molecule has 0 aliphatic carbocycles. The molecule has 24 heavy (non-hydrogen) atoms. The van der Waals surface area contributed by atoms with Crippen molar-refractivity contribution >= 4 is 15.7 Å². The lowest BCUT2D eigenvalue weighted by Gasteiger charge is -2.18. The minimum Gasteiger partial charge on any atom is -0.337 e. The summed E-state index contributed by atoms with van der Waals surface area (Å²) in [4.78, 5) is 13.6. The van der Waals surface area contributed by atoms with E-state index in [2.05, 4.69) is 0 Å². The number of hydrogen-bond acceptors (Lipinski definition) is 3. The number of carbonyl (C=O) groups excluding carboxylic acids is 1. The zero-order valence-corrected chi connectivity index (χ0v) is 14.1. The van der Waals surface area contributed by atoms with E-state index in [4.69, 9.17) is 0 Å². The standard InChI is InChI=1S/C17H17F2NO3S/c1-20(10-14-7-8-15(18)9-16(14)19)17(21)13-5-3-12(4-6-13)11-24(2,22)23/h3-9H,10-11H2,1-2H3. The number of benzene rings is 2. The Balaban J connectivity index is 2.10. The van der Waals surface area contributed by atoms with Gasteiger partial charge in [0.1, 0.15) is 11.6 Å². The molecular weight excluding hydrogens is 336 g/mol. The summed E-state index contributed by atoms with van der Waals surface area (Å²) >= 11 is 0. The molecule has 0 saturated carbocycles. The summed E-state index contributed by atoms with van der Waals surface area (Å²) in [5.41, 5.74) is 1.15. The first-order chi connectivity index (χ1) is 11.2. The Bertz CT molecular complexity index is 849. The fraction of sp³-hybridized carbons (Fsp3) is 0.235. The number of halogens is 2. The van der Waals surface area contributed by atoms with Crippen LogP contribution in [0.2, 0.25) is 0 Å². The van der Waals surface area contributed by atoms with Crippen molar-refractivity contribution in [3.05, 3.63) is 70.8 Å². The van der Waals surface area contributed by atoms with Crippen molar-refractivity contribution in [3.63, 3.8) is 0 Å². The lowest BCUT2D eigenvalue weighted by Crippen LogP contribution is -2.26. The first-order valence-corrected chi connectivity index (χ1v) is 9.18. The van der Waals surface area contributed by atoms with Crippen LogP contribution in [0.25, 0.3) is 0 Å². The van der Waals surface area contributed by atoms with Gasteiger partial charge in [0.05, 0.1) is 5.75 Å². The predicted octanol–water partition coefficient (Wildman–Crippen LogP) is 2.78. The first-order valence-electron chi connectivity index (χ1n) is 7.12. The van der Waals surface area contributed by atoms with Gasteiger partial charge in [0.15, 0.2) is 9.84 Å². The largest absolute Gasteiger partial charge is 0.337 e. The molecule has 7 heteroatoms. The van der Waals surface area contributed by atoms with Crippen molar-refractivity contribution in [2.75, 3.05) is 13.3 Å². The van der Waals surface area contributed by atoms with Gasteiger partial charge < -0.3 is 4.90 Å². The van der Waals surface area contributed by atoms with Crippen LogP contribution in [-0.4, -0.2) is 32.5 Å². The van der Waals surface area contributed by atoms with Crippen LogP contribution in [0, 0.1) is 11.6 Å². The SMILES string of the molecule is CN(Cc1ccc(F)cc1F)C(=O)c1ccc(CS(C)(=O)=O)cc1. The number of rotatable bonds is 5. The molecule has 4 nitrogen and oxygen atoms in total. The zero-order valence-electron chi connectivity index (χ0n) is 13.3. The maximum Gasteiger partial charge on any atom is 0.253 e. The highest BCUT2D eigenvalue weighted by Crippen LogP contribution is 2.14. The van der Waals surface area contributed by atoms with Gasteiger partial charge in [-0.05, 0) is 23.8 Å². The average Bonchev–Trinajstić information content (AvgIpc) is 2.48. The maximum atomic E-state index is 13.7. The van der Waals surface area contributed by atoms with Gasteiger partial charge in [-0.2, -0.15) is 0 Å². The second-order valence-corrected chi connectivity index (χ2v) is 7.80. The molecule has 0 fully saturated rings. The van der Waals surface area contributed by atoms with E-state index < -0.39 is 21.5 Å². The van der Waals surface area contributed by atoms with Crippen LogP contribution in [0.15, 0.2) is 42.5 Å². The van der Waals surface area contributed by atoms with Gasteiger partial charge in [0.2, 0.25) is 0 Å². The van der Waals surface area contributed by atoms with E-state index in [1.807, 2.05) is 0 Å². The summed E-state index contributed by atoms with van der Waals surface area (Å²) < 4.78 is 49.1. The molecule has 1 amide bonds. The van der Waals surface area contributed by atoms with Crippen molar-refractivity contribution in [2.45, 2.75) is 12.3 Å². The second-order valence-electron chi connectivity index (χ2n) is 5.66. The minimum absolute atomic E-state index is 0.00393. The lowest BCUT2D eigenvalue weighted by atomic mass is 10.1. The Labute approximate surface area is 139 Å². The molecule has 0 unspecified atom stereocenters. The first kappa shape index (κ1) is 18.1. The number of carbonyl (C=O) groups is 1. The number of hydrogen-bond donors (Lipinski definition) is 0. The van der Waals surface area contributed by atoms with Crippen molar-refractivity contribution in [2.24, 2.45) is 0 Å². The van der Waals surface area contributed by atoms with E-state index in [0.29, 0.717) is 11.1 Å². The van der Waals surface area contributed by atoms with Crippen LogP contribution in [0.1, 0.15) is 21.5 Å². The molecule has 128 valence electrons. The van der Waals surface area contributed by atoms with Crippen molar-refractivity contribution in [1.29, 1.82) is 0 Å². The molecule has 2 aromatic carbocycles. The predicted molar refractivity (Wildman–Crippen MR) is 87.1 cm³/mol. The fourth-order valence-corrected chi connectivity index (χ4v) is 3.04. The molecule has 0 aromatic heterocycles. The smallest absolute Gasteiger partial charge is 0.253 e. The van der Waals surface area contributed by atoms with E-state index in [1.54, 1.807) is 12.1 Å². The summed E-state index contributed by atoms with van der Waals surface area (Å²) in [7, 11) is -1.63. The van der Waals surface area contributed by atoms with Gasteiger partial charge >= 0.3 is 0 Å². The van der Waals surface area contributed by atoms with Gasteiger partial charge in [-0.3, -0.25) is 4.79 Å². The van der Waals surface area contributed by atoms with Crippen LogP contribution in [0.3, 0.4) is 0 Å². The number of sulfone groups is 1. The third kappa shape index (κ3) is 4.86. The lowest BCUT2D eigenvalue weighted by molar-refractivity contribution is 0.0784. The Morgan fingerprint density at radius 2 is 1.71 bits per heavy atom. The normalized spacial score (nSPS) is 11.3. The van der Waals surface area contributed by atoms with Crippen LogP contribution in [0.4, 0.5) is 8.78 Å². The van der Waals surface area contributed by atoms with Gasteiger partial charge in [0.25, 0.3) is 5.91 Å². The Hall–Kier alpha value is -2.28. The molecule has 0 aliphatic rings. The van der Waals surface area contributed by atoms with Crippen LogP contribution < -0.4 is 0 Å². The van der Waals surface area contributed by atoms with Gasteiger partial charge in [0, 0.05) is 37.0 Å². The fourth-order valence-electron chi connectivity index (χ4n) is 2.24. The second kappa shape index (κ2) is 7.09. The van der Waals surface area contributed by atoms with E-state index in [-0.39, 0.29) is 23.8 Å². The number of amides is 1. The molecule has 0 radical (unpaired) electrons. The number of nitrogens with zero attached hydrogens (tertiary/aromatic N) is 1. The van der Waals surface area contributed by atoms with Crippen molar-refractivity contribution < 1.29 is 22.0 Å². The maximum absolute atomic E-state index is 13.7. The molecule has 0 saturated heterocycles. The van der Waals surface area contributed by atoms with Crippen molar-refractivity contribution in [1.82, 2.24) is 4.90 Å². The molecule has 0 aliphatic heterocycles. The molecular formula is C17H17F2NO3S. The highest BCUT2D eigenvalue weighted by molar-refractivity contribution is 7.89. The summed E-state index contributed by atoms with van der Waals surface area (Å²) in [6.07, 6.45) is 1.14. The molecule has 0 atom stereocenters. The van der Waals surface area contributed by atoms with E-state index in [9.17, 15) is 22.0 Å². The van der Waals surface area contributed by atoms with Gasteiger partial charge in [-0.25, -0.2) is 17.2 Å². The molecule has 0 bridgehead atoms. The quantitative estimate of drug-likeness (QED) is 0.831. The third-order valence-electron chi connectivity index (χ3n) is 3.40. The molecule has 0 N–H and O–H groups in total. The molecule has 2 rings (SSSR count). The highest BCUT2D eigenvalue weighted by Gasteiger charge is 2.15. The summed E-state index contributed by atoms with van der Waals surface area (Å²) in [5, 5.41) is 0. The van der Waals surface area contributed by atoms with Gasteiger partial charge in [-0.1, -0.05) is 18.2 Å². The summed E-state index contributed by atoms with van der Waals surface area (Å²) in [6, 6.07) is 9.40. The van der Waals surface area contributed by atoms with Crippen LogP contribution >= 0.6 is 0 Å². The van der Waals surface area contributed by atoms with Gasteiger partial charge in [-0.15, -0.1) is 0 Å². The summed E-state index contributed by atoms with van der Waals surface area (Å²) in [5.74, 6) is -1.83. The van der Waals surface area contributed by atoms with E-state index >= 15 is 0 Å². The topological polar surface area (TPSA) is 54.5 Å². The Morgan fingerprint density at radius 3 is 2.25 bits per heavy atom. The Kier molecular flexibility index (Phi) is 5.33. The molecule has 2 aromatic rings. The molecule has 0 spiro atoms. The van der Waals surface area contributed by atoms with E-state index in [1.165, 1.54) is 30.1 Å². The van der Waals surface area contributed by atoms with E-state index in [0.717, 1.165) is 18.4 Å². The van der Waals surface area contributed by atoms with Crippen LogP contribution in [-0.2, 0) is 22.1 Å². The minimum atomic E-state index is -3.14. The van der Waals surface area contributed by atoms with Crippen LogP contribution in [0.5, 0.6) is 0 Å². The highest BCUT2D eigenvalue weighted by atomic mass is 32.2. The summed E-state index contributed by atoms with van der Waals surface area (Å²) in [6.45, 7) is -0.00393. The van der Waals surface area contributed by atoms with Crippen molar-refractivity contribution in [3.8, 4) is 0 Å². The molecule has 0 heterocycles. The third-order valence-corrected chi connectivity index (χ3v) is 4.26. The average molecular weight is 353 g/mol.